The second-order valence-corrected chi connectivity index (χ2v) is 2.23. The van der Waals surface area contributed by atoms with Crippen molar-refractivity contribution < 1.29 is 14.5 Å². The number of hydrogen-bond acceptors (Lipinski definition) is 5. The Bertz CT molecular complexity index is 382. The molecule has 7 heteroatoms. The minimum Gasteiger partial charge on any atom is -0.466 e. The van der Waals surface area contributed by atoms with Crippen LogP contribution in [0.25, 0.3) is 6.20 Å². The maximum absolute atomic E-state index is 10.7. The minimum atomic E-state index is -0.651. The van der Waals surface area contributed by atoms with Crippen LogP contribution in [0.5, 0.6) is 0 Å². The molecule has 0 aromatic carbocycles. The Morgan fingerprint density at radius 3 is 3.07 bits per heavy atom. The van der Waals surface area contributed by atoms with E-state index < -0.39 is 10.9 Å². The molecule has 1 rings (SSSR count). The third-order valence-corrected chi connectivity index (χ3v) is 1.38. The standard InChI is InChI=1S/C7H7N3O4/c1-14-6(11)2-4-9-5-3-8-7(9)10(12)13/h2-5H,1H3. The molecule has 0 saturated heterocycles. The largest absolute Gasteiger partial charge is 0.466 e. The summed E-state index contributed by atoms with van der Waals surface area (Å²) >= 11 is 0. The van der Waals surface area contributed by atoms with Gasteiger partial charge in [0, 0.05) is 0 Å². The summed E-state index contributed by atoms with van der Waals surface area (Å²) in [5.74, 6) is -0.946. The fraction of sp³-hybridized carbons (Fsp3) is 0.143. The maximum atomic E-state index is 10.7. The number of rotatable bonds is 3. The van der Waals surface area contributed by atoms with Crippen LogP contribution in [0.2, 0.25) is 0 Å². The molecule has 14 heavy (non-hydrogen) atoms. The Balaban J connectivity index is 2.86. The van der Waals surface area contributed by atoms with Crippen molar-refractivity contribution in [2.75, 3.05) is 7.11 Å². The number of aromatic nitrogens is 2. The second kappa shape index (κ2) is 4.17. The molecule has 0 radical (unpaired) electrons. The van der Waals surface area contributed by atoms with Crippen LogP contribution in [0.3, 0.4) is 0 Å². The Labute approximate surface area is 78.8 Å². The first-order valence-electron chi connectivity index (χ1n) is 3.58. The van der Waals surface area contributed by atoms with Crippen molar-refractivity contribution in [3.8, 4) is 0 Å². The molecule has 0 saturated carbocycles. The van der Waals surface area contributed by atoms with Gasteiger partial charge in [-0.2, -0.15) is 0 Å². The van der Waals surface area contributed by atoms with Crippen LogP contribution in [0.1, 0.15) is 0 Å². The van der Waals surface area contributed by atoms with E-state index in [4.69, 9.17) is 0 Å². The van der Waals surface area contributed by atoms with E-state index in [0.29, 0.717) is 0 Å². The lowest BCUT2D eigenvalue weighted by Crippen LogP contribution is -1.99. The highest BCUT2D eigenvalue weighted by atomic mass is 16.6. The Hall–Kier alpha value is -2.18. The number of ether oxygens (including phenoxy) is 1. The summed E-state index contributed by atoms with van der Waals surface area (Å²) < 4.78 is 5.43. The van der Waals surface area contributed by atoms with Gasteiger partial charge in [0.25, 0.3) is 0 Å². The zero-order chi connectivity index (χ0) is 10.6. The van der Waals surface area contributed by atoms with E-state index in [1.54, 1.807) is 0 Å². The second-order valence-electron chi connectivity index (χ2n) is 2.23. The van der Waals surface area contributed by atoms with Gasteiger partial charge in [0.2, 0.25) is 0 Å². The quantitative estimate of drug-likeness (QED) is 0.303. The van der Waals surface area contributed by atoms with Gasteiger partial charge in [-0.15, -0.1) is 0 Å². The summed E-state index contributed by atoms with van der Waals surface area (Å²) in [6.07, 6.45) is 4.89. The van der Waals surface area contributed by atoms with Crippen molar-refractivity contribution in [2.24, 2.45) is 0 Å². The normalized spacial score (nSPS) is 10.4. The smallest absolute Gasteiger partial charge is 0.439 e. The monoisotopic (exact) mass is 197 g/mol. The van der Waals surface area contributed by atoms with E-state index in [0.717, 1.165) is 10.6 Å². The SMILES string of the molecule is COC(=O)C=Cn1ccnc1[N+](=O)[O-]. The van der Waals surface area contributed by atoms with Crippen LogP contribution in [-0.4, -0.2) is 27.6 Å². The average Bonchev–Trinajstić information content (AvgIpc) is 2.62. The lowest BCUT2D eigenvalue weighted by atomic mass is 10.6. The lowest BCUT2D eigenvalue weighted by Gasteiger charge is -1.93. The summed E-state index contributed by atoms with van der Waals surface area (Å²) in [5, 5.41) is 10.4. The summed E-state index contributed by atoms with van der Waals surface area (Å²) in [6, 6.07) is 0. The molecule has 0 unspecified atom stereocenters. The molecule has 0 atom stereocenters. The highest BCUT2D eigenvalue weighted by Gasteiger charge is 2.11. The Kier molecular flexibility index (Phi) is 2.95. The zero-order valence-electron chi connectivity index (χ0n) is 7.28. The highest BCUT2D eigenvalue weighted by Crippen LogP contribution is 2.07. The first-order chi connectivity index (χ1) is 6.65. The zero-order valence-corrected chi connectivity index (χ0v) is 7.28. The van der Waals surface area contributed by atoms with E-state index in [2.05, 4.69) is 9.72 Å². The van der Waals surface area contributed by atoms with Crippen LogP contribution >= 0.6 is 0 Å². The number of methoxy groups -OCH3 is 1. The number of imidazole rings is 1. The van der Waals surface area contributed by atoms with Crippen molar-refractivity contribution >= 4 is 18.1 Å². The van der Waals surface area contributed by atoms with Crippen LogP contribution < -0.4 is 0 Å². The Morgan fingerprint density at radius 2 is 2.50 bits per heavy atom. The molecule has 74 valence electrons. The molecule has 0 aliphatic rings. The van der Waals surface area contributed by atoms with Gasteiger partial charge in [-0.1, -0.05) is 4.98 Å². The first kappa shape index (κ1) is 9.90. The van der Waals surface area contributed by atoms with Crippen molar-refractivity contribution in [2.45, 2.75) is 0 Å². The van der Waals surface area contributed by atoms with Gasteiger partial charge in [-0.05, 0) is 4.92 Å². The number of nitrogens with zero attached hydrogens (tertiary/aromatic N) is 3. The number of nitro groups is 1. The van der Waals surface area contributed by atoms with Crippen molar-refractivity contribution in [3.63, 3.8) is 0 Å². The van der Waals surface area contributed by atoms with Crippen molar-refractivity contribution in [1.82, 2.24) is 9.55 Å². The maximum Gasteiger partial charge on any atom is 0.439 e. The van der Waals surface area contributed by atoms with Gasteiger partial charge >= 0.3 is 11.9 Å². The topological polar surface area (TPSA) is 87.3 Å². The highest BCUT2D eigenvalue weighted by molar-refractivity contribution is 5.84. The number of carbonyl (C=O) groups excluding carboxylic acids is 1. The minimum absolute atomic E-state index is 0.356. The molecule has 0 N–H and O–H groups in total. The predicted molar refractivity (Wildman–Crippen MR) is 46.2 cm³/mol. The molecule has 0 fully saturated rings. The number of carbonyl (C=O) groups is 1. The summed E-state index contributed by atoms with van der Waals surface area (Å²) in [5.41, 5.74) is 0. The molecule has 0 spiro atoms. The van der Waals surface area contributed by atoms with E-state index in [-0.39, 0.29) is 5.95 Å². The summed E-state index contributed by atoms with van der Waals surface area (Å²) in [6.45, 7) is 0. The average molecular weight is 197 g/mol. The molecule has 0 aliphatic carbocycles. The molecule has 1 aromatic heterocycles. The summed E-state index contributed by atoms with van der Waals surface area (Å²) in [7, 11) is 1.22. The molecule has 0 aliphatic heterocycles. The molecular weight excluding hydrogens is 190 g/mol. The third kappa shape index (κ3) is 2.16. The van der Waals surface area contributed by atoms with Crippen LogP contribution in [0.15, 0.2) is 18.5 Å². The van der Waals surface area contributed by atoms with E-state index in [9.17, 15) is 14.9 Å². The molecule has 7 nitrogen and oxygen atoms in total. The molecule has 0 amide bonds. The fourth-order valence-corrected chi connectivity index (χ4v) is 0.772. The number of esters is 1. The van der Waals surface area contributed by atoms with E-state index in [1.165, 1.54) is 25.7 Å². The summed E-state index contributed by atoms with van der Waals surface area (Å²) in [4.78, 5) is 23.9. The lowest BCUT2D eigenvalue weighted by molar-refractivity contribution is -0.395. The predicted octanol–water partition coefficient (Wildman–Crippen LogP) is 0.435. The first-order valence-corrected chi connectivity index (χ1v) is 3.58. The van der Waals surface area contributed by atoms with Gasteiger partial charge in [-0.3, -0.25) is 0 Å². The van der Waals surface area contributed by atoms with Crippen LogP contribution in [-0.2, 0) is 9.53 Å². The molecule has 1 aromatic rings. The fourth-order valence-electron chi connectivity index (χ4n) is 0.772. The van der Waals surface area contributed by atoms with Crippen molar-refractivity contribution in [3.05, 3.63) is 28.6 Å². The number of hydrogen-bond donors (Lipinski definition) is 0. The van der Waals surface area contributed by atoms with E-state index >= 15 is 0 Å². The van der Waals surface area contributed by atoms with Crippen LogP contribution in [0, 0.1) is 10.1 Å². The van der Waals surface area contributed by atoms with Gasteiger partial charge in [0.05, 0.1) is 19.4 Å². The third-order valence-electron chi connectivity index (χ3n) is 1.38. The van der Waals surface area contributed by atoms with Gasteiger partial charge in [0.1, 0.15) is 12.4 Å². The van der Waals surface area contributed by atoms with E-state index in [1.807, 2.05) is 0 Å². The van der Waals surface area contributed by atoms with Gasteiger partial charge in [0.15, 0.2) is 0 Å². The van der Waals surface area contributed by atoms with Gasteiger partial charge in [-0.25, -0.2) is 9.36 Å². The Morgan fingerprint density at radius 1 is 1.79 bits per heavy atom. The van der Waals surface area contributed by atoms with Gasteiger partial charge < -0.3 is 14.9 Å². The van der Waals surface area contributed by atoms with Crippen LogP contribution in [0.4, 0.5) is 5.95 Å². The molecule has 1 heterocycles. The molecule has 0 bridgehead atoms. The molecular formula is C7H7N3O4. The van der Waals surface area contributed by atoms with Crippen molar-refractivity contribution in [1.29, 1.82) is 0 Å².